The van der Waals surface area contributed by atoms with E-state index in [4.69, 9.17) is 0 Å². The Kier molecular flexibility index (Phi) is 4.30. The zero-order chi connectivity index (χ0) is 12.8. The first-order valence-electron chi connectivity index (χ1n) is 6.10. The molecule has 5 heteroatoms. The van der Waals surface area contributed by atoms with Crippen molar-refractivity contribution in [3.05, 3.63) is 52.7 Å². The molecule has 0 aliphatic rings. The highest BCUT2D eigenvalue weighted by molar-refractivity contribution is 5.00. The third-order valence-corrected chi connectivity index (χ3v) is 2.91. The smallest absolute Gasteiger partial charge is 0.250 e. The van der Waals surface area contributed by atoms with Crippen LogP contribution < -0.4 is 10.9 Å². The van der Waals surface area contributed by atoms with Crippen LogP contribution in [0, 0.1) is 0 Å². The number of nitrogens with one attached hydrogen (secondary N) is 1. The van der Waals surface area contributed by atoms with Crippen LogP contribution in [-0.4, -0.2) is 27.4 Å². The molecule has 2 rings (SSSR count). The maximum Gasteiger partial charge on any atom is 0.250 e. The maximum absolute atomic E-state index is 11.4. The molecule has 0 unspecified atom stereocenters. The second-order valence-electron chi connectivity index (χ2n) is 4.18. The van der Waals surface area contributed by atoms with Gasteiger partial charge in [-0.1, -0.05) is 6.07 Å². The molecule has 0 atom stereocenters. The van der Waals surface area contributed by atoms with Gasteiger partial charge in [-0.05, 0) is 12.1 Å². The van der Waals surface area contributed by atoms with Crippen molar-refractivity contribution in [2.75, 3.05) is 13.1 Å². The van der Waals surface area contributed by atoms with Crippen LogP contribution in [0.25, 0.3) is 0 Å². The van der Waals surface area contributed by atoms with Crippen LogP contribution in [0.3, 0.4) is 0 Å². The lowest BCUT2D eigenvalue weighted by atomic mass is 10.3. The summed E-state index contributed by atoms with van der Waals surface area (Å²) in [4.78, 5) is 11.4. The van der Waals surface area contributed by atoms with Gasteiger partial charge in [0, 0.05) is 57.3 Å². The lowest BCUT2D eigenvalue weighted by Crippen LogP contribution is -2.27. The van der Waals surface area contributed by atoms with E-state index in [0.29, 0.717) is 6.54 Å². The molecule has 0 aromatic carbocycles. The Labute approximate surface area is 106 Å². The van der Waals surface area contributed by atoms with Gasteiger partial charge in [-0.3, -0.25) is 9.48 Å². The summed E-state index contributed by atoms with van der Waals surface area (Å²) >= 11 is 0. The van der Waals surface area contributed by atoms with Crippen molar-refractivity contribution < 1.29 is 0 Å². The fraction of sp³-hybridized carbons (Fsp3) is 0.385. The van der Waals surface area contributed by atoms with E-state index in [1.165, 1.54) is 5.69 Å². The minimum absolute atomic E-state index is 0.0472. The summed E-state index contributed by atoms with van der Waals surface area (Å²) in [7, 11) is 1.94. The summed E-state index contributed by atoms with van der Waals surface area (Å²) in [5, 5.41) is 7.44. The molecular formula is C13H18N4O. The topological polar surface area (TPSA) is 51.9 Å². The first-order chi connectivity index (χ1) is 8.77. The monoisotopic (exact) mass is 246 g/mol. The Bertz CT molecular complexity index is 544. The number of hydrogen-bond acceptors (Lipinski definition) is 3. The van der Waals surface area contributed by atoms with E-state index in [9.17, 15) is 4.79 Å². The largest absolute Gasteiger partial charge is 0.315 e. The quantitative estimate of drug-likeness (QED) is 0.751. The Hall–Kier alpha value is -1.88. The SMILES string of the molecule is Cn1nccc1CCNCCn1ccccc1=O. The van der Waals surface area contributed by atoms with Gasteiger partial charge in [0.05, 0.1) is 0 Å². The molecule has 0 radical (unpaired) electrons. The highest BCUT2D eigenvalue weighted by atomic mass is 16.1. The van der Waals surface area contributed by atoms with Crippen molar-refractivity contribution in [1.29, 1.82) is 0 Å². The average Bonchev–Trinajstić information content (AvgIpc) is 2.77. The molecule has 2 aromatic rings. The van der Waals surface area contributed by atoms with E-state index >= 15 is 0 Å². The molecular weight excluding hydrogens is 228 g/mol. The predicted molar refractivity (Wildman–Crippen MR) is 70.5 cm³/mol. The van der Waals surface area contributed by atoms with Gasteiger partial charge < -0.3 is 9.88 Å². The van der Waals surface area contributed by atoms with E-state index in [-0.39, 0.29) is 5.56 Å². The van der Waals surface area contributed by atoms with Gasteiger partial charge in [0.2, 0.25) is 0 Å². The average molecular weight is 246 g/mol. The van der Waals surface area contributed by atoms with Crippen molar-refractivity contribution in [3.63, 3.8) is 0 Å². The van der Waals surface area contributed by atoms with Gasteiger partial charge in [-0.15, -0.1) is 0 Å². The number of nitrogens with zero attached hydrogens (tertiary/aromatic N) is 3. The molecule has 0 aliphatic carbocycles. The fourth-order valence-electron chi connectivity index (χ4n) is 1.83. The molecule has 18 heavy (non-hydrogen) atoms. The van der Waals surface area contributed by atoms with Crippen LogP contribution in [0.4, 0.5) is 0 Å². The second kappa shape index (κ2) is 6.16. The molecule has 0 saturated carbocycles. The summed E-state index contributed by atoms with van der Waals surface area (Å²) in [5.41, 5.74) is 1.25. The van der Waals surface area contributed by atoms with Gasteiger partial charge in [0.1, 0.15) is 0 Å². The van der Waals surface area contributed by atoms with E-state index in [1.807, 2.05) is 30.1 Å². The van der Waals surface area contributed by atoms with Crippen LogP contribution >= 0.6 is 0 Å². The maximum atomic E-state index is 11.4. The number of hydrogen-bond donors (Lipinski definition) is 1. The van der Waals surface area contributed by atoms with Crippen LogP contribution in [0.1, 0.15) is 5.69 Å². The van der Waals surface area contributed by atoms with Crippen LogP contribution in [0.15, 0.2) is 41.5 Å². The van der Waals surface area contributed by atoms with Crippen molar-refractivity contribution in [1.82, 2.24) is 19.7 Å². The zero-order valence-corrected chi connectivity index (χ0v) is 10.5. The van der Waals surface area contributed by atoms with Gasteiger partial charge >= 0.3 is 0 Å². The van der Waals surface area contributed by atoms with E-state index < -0.39 is 0 Å². The molecule has 1 N–H and O–H groups in total. The minimum Gasteiger partial charge on any atom is -0.315 e. The lowest BCUT2D eigenvalue weighted by Gasteiger charge is -2.07. The van der Waals surface area contributed by atoms with Gasteiger partial charge in [0.25, 0.3) is 5.56 Å². The number of pyridine rings is 1. The second-order valence-corrected chi connectivity index (χ2v) is 4.18. The summed E-state index contributed by atoms with van der Waals surface area (Å²) in [5.74, 6) is 0. The van der Waals surface area contributed by atoms with E-state index in [2.05, 4.69) is 10.4 Å². The van der Waals surface area contributed by atoms with Crippen LogP contribution in [0.2, 0.25) is 0 Å². The first kappa shape index (κ1) is 12.6. The fourth-order valence-corrected chi connectivity index (χ4v) is 1.83. The van der Waals surface area contributed by atoms with E-state index in [0.717, 1.165) is 19.5 Å². The molecule has 0 spiro atoms. The van der Waals surface area contributed by atoms with E-state index in [1.54, 1.807) is 22.9 Å². The molecule has 2 aromatic heterocycles. The van der Waals surface area contributed by atoms with Crippen molar-refractivity contribution in [2.24, 2.45) is 7.05 Å². The first-order valence-corrected chi connectivity index (χ1v) is 6.10. The molecule has 5 nitrogen and oxygen atoms in total. The Morgan fingerprint density at radius 3 is 2.89 bits per heavy atom. The number of aryl methyl sites for hydroxylation is 1. The predicted octanol–water partition coefficient (Wildman–Crippen LogP) is 0.414. The molecule has 96 valence electrons. The van der Waals surface area contributed by atoms with Crippen LogP contribution in [-0.2, 0) is 20.0 Å². The van der Waals surface area contributed by atoms with Crippen molar-refractivity contribution >= 4 is 0 Å². The Balaban J connectivity index is 1.69. The van der Waals surface area contributed by atoms with Gasteiger partial charge in [-0.2, -0.15) is 5.10 Å². The Morgan fingerprint density at radius 2 is 2.17 bits per heavy atom. The Morgan fingerprint density at radius 1 is 1.28 bits per heavy atom. The lowest BCUT2D eigenvalue weighted by molar-refractivity contribution is 0.577. The zero-order valence-electron chi connectivity index (χ0n) is 10.5. The van der Waals surface area contributed by atoms with Crippen LogP contribution in [0.5, 0.6) is 0 Å². The standard InChI is InChI=1S/C13H18N4O/c1-16-12(6-8-15-16)5-7-14-9-11-17-10-3-2-4-13(17)18/h2-4,6,8,10,14H,5,7,9,11H2,1H3. The third kappa shape index (κ3) is 3.30. The summed E-state index contributed by atoms with van der Waals surface area (Å²) < 4.78 is 3.58. The van der Waals surface area contributed by atoms with Gasteiger partial charge in [0.15, 0.2) is 0 Å². The van der Waals surface area contributed by atoms with Gasteiger partial charge in [-0.25, -0.2) is 0 Å². The summed E-state index contributed by atoms with van der Waals surface area (Å²) in [6.45, 7) is 2.38. The molecule has 0 aliphatic heterocycles. The number of aromatic nitrogens is 3. The molecule has 0 bridgehead atoms. The molecule has 0 amide bonds. The van der Waals surface area contributed by atoms with Crippen molar-refractivity contribution in [2.45, 2.75) is 13.0 Å². The normalized spacial score (nSPS) is 10.7. The highest BCUT2D eigenvalue weighted by Crippen LogP contribution is 1.95. The molecule has 2 heterocycles. The summed E-state index contributed by atoms with van der Waals surface area (Å²) in [6, 6.07) is 7.23. The molecule has 0 saturated heterocycles. The highest BCUT2D eigenvalue weighted by Gasteiger charge is 1.98. The molecule has 0 fully saturated rings. The minimum atomic E-state index is 0.0472. The van der Waals surface area contributed by atoms with Crippen molar-refractivity contribution in [3.8, 4) is 0 Å². The number of rotatable bonds is 6. The summed E-state index contributed by atoms with van der Waals surface area (Å²) in [6.07, 6.45) is 4.56. The third-order valence-electron chi connectivity index (χ3n) is 2.91.